The van der Waals surface area contributed by atoms with Crippen molar-refractivity contribution in [1.29, 1.82) is 0 Å². The van der Waals surface area contributed by atoms with E-state index in [9.17, 15) is 4.79 Å². The van der Waals surface area contributed by atoms with Crippen molar-refractivity contribution in [2.45, 2.75) is 71.8 Å². The zero-order valence-electron chi connectivity index (χ0n) is 18.5. The summed E-state index contributed by atoms with van der Waals surface area (Å²) in [6.45, 7) is 5.92. The van der Waals surface area contributed by atoms with Crippen molar-refractivity contribution in [3.8, 4) is 0 Å². The number of hydrogen-bond donors (Lipinski definition) is 1. The Bertz CT molecular complexity index is 944. The maximum Gasteiger partial charge on any atom is 0.224 e. The summed E-state index contributed by atoms with van der Waals surface area (Å²) in [7, 11) is 0. The first-order valence-corrected chi connectivity index (χ1v) is 11.4. The molecule has 1 heterocycles. The van der Waals surface area contributed by atoms with Gasteiger partial charge in [-0.1, -0.05) is 75.4 Å². The maximum atomic E-state index is 12.4. The maximum absolute atomic E-state index is 12.4. The van der Waals surface area contributed by atoms with E-state index in [1.54, 1.807) is 0 Å². The smallest absolute Gasteiger partial charge is 0.224 e. The SMILES string of the molecule is CCCCCCCCn1c(CCNC(=O)Cc2ccccc2C)nc2ccccc21. The Balaban J connectivity index is 1.55. The van der Waals surface area contributed by atoms with Crippen molar-refractivity contribution in [1.82, 2.24) is 14.9 Å². The molecular weight excluding hydrogens is 370 g/mol. The Hall–Kier alpha value is -2.62. The fourth-order valence-corrected chi connectivity index (χ4v) is 3.97. The minimum absolute atomic E-state index is 0.0721. The Morgan fingerprint density at radius 2 is 1.70 bits per heavy atom. The molecule has 1 aromatic heterocycles. The molecule has 3 rings (SSSR count). The molecule has 0 aliphatic heterocycles. The summed E-state index contributed by atoms with van der Waals surface area (Å²) in [4.78, 5) is 17.2. The van der Waals surface area contributed by atoms with Crippen LogP contribution in [0.3, 0.4) is 0 Å². The van der Waals surface area contributed by atoms with Gasteiger partial charge in [0.1, 0.15) is 5.82 Å². The van der Waals surface area contributed by atoms with Gasteiger partial charge in [0.15, 0.2) is 0 Å². The van der Waals surface area contributed by atoms with Crippen molar-refractivity contribution >= 4 is 16.9 Å². The van der Waals surface area contributed by atoms with Crippen LogP contribution in [-0.2, 0) is 24.2 Å². The van der Waals surface area contributed by atoms with E-state index in [2.05, 4.69) is 35.0 Å². The number of fused-ring (bicyclic) bond motifs is 1. The van der Waals surface area contributed by atoms with Gasteiger partial charge in [0.25, 0.3) is 0 Å². The third-order valence-corrected chi connectivity index (χ3v) is 5.75. The molecule has 0 aliphatic rings. The summed E-state index contributed by atoms with van der Waals surface area (Å²) in [5, 5.41) is 3.08. The van der Waals surface area contributed by atoms with E-state index in [1.807, 2.05) is 37.3 Å². The van der Waals surface area contributed by atoms with Crippen LogP contribution < -0.4 is 5.32 Å². The number of carbonyl (C=O) groups is 1. The molecule has 4 heteroatoms. The van der Waals surface area contributed by atoms with Gasteiger partial charge in [-0.15, -0.1) is 0 Å². The summed E-state index contributed by atoms with van der Waals surface area (Å²) in [6.07, 6.45) is 8.89. The van der Waals surface area contributed by atoms with Crippen molar-refractivity contribution in [3.05, 3.63) is 65.5 Å². The number of rotatable bonds is 12. The quantitative estimate of drug-likeness (QED) is 0.398. The van der Waals surface area contributed by atoms with Gasteiger partial charge in [-0.05, 0) is 36.6 Å². The largest absolute Gasteiger partial charge is 0.355 e. The molecule has 0 saturated heterocycles. The van der Waals surface area contributed by atoms with Gasteiger partial charge in [-0.3, -0.25) is 4.79 Å². The molecule has 0 bridgehead atoms. The summed E-state index contributed by atoms with van der Waals surface area (Å²) >= 11 is 0. The molecule has 3 aromatic rings. The zero-order chi connectivity index (χ0) is 21.2. The van der Waals surface area contributed by atoms with Crippen LogP contribution in [-0.4, -0.2) is 22.0 Å². The second kappa shape index (κ2) is 11.5. The average Bonchev–Trinajstić information content (AvgIpc) is 3.10. The van der Waals surface area contributed by atoms with E-state index in [0.717, 1.165) is 35.4 Å². The first-order valence-electron chi connectivity index (χ1n) is 11.4. The van der Waals surface area contributed by atoms with E-state index in [-0.39, 0.29) is 5.91 Å². The van der Waals surface area contributed by atoms with Crippen LogP contribution in [0.1, 0.15) is 62.4 Å². The van der Waals surface area contributed by atoms with E-state index >= 15 is 0 Å². The highest BCUT2D eigenvalue weighted by molar-refractivity contribution is 5.79. The van der Waals surface area contributed by atoms with Crippen LogP contribution in [0.15, 0.2) is 48.5 Å². The van der Waals surface area contributed by atoms with Crippen LogP contribution in [0.4, 0.5) is 0 Å². The Labute approximate surface area is 180 Å². The summed E-state index contributed by atoms with van der Waals surface area (Å²) in [6, 6.07) is 16.4. The van der Waals surface area contributed by atoms with Gasteiger partial charge < -0.3 is 9.88 Å². The minimum atomic E-state index is 0.0721. The van der Waals surface area contributed by atoms with Crippen LogP contribution in [0.2, 0.25) is 0 Å². The van der Waals surface area contributed by atoms with Crippen LogP contribution in [0, 0.1) is 6.92 Å². The minimum Gasteiger partial charge on any atom is -0.355 e. The molecule has 0 atom stereocenters. The molecule has 0 fully saturated rings. The third kappa shape index (κ3) is 6.19. The number of hydrogen-bond acceptors (Lipinski definition) is 2. The predicted octanol–water partition coefficient (Wildman–Crippen LogP) is 5.61. The summed E-state index contributed by atoms with van der Waals surface area (Å²) in [5.74, 6) is 1.14. The lowest BCUT2D eigenvalue weighted by atomic mass is 10.1. The van der Waals surface area contributed by atoms with Crippen molar-refractivity contribution in [2.75, 3.05) is 6.54 Å². The normalized spacial score (nSPS) is 11.1. The molecule has 30 heavy (non-hydrogen) atoms. The highest BCUT2D eigenvalue weighted by Crippen LogP contribution is 2.18. The zero-order valence-corrected chi connectivity index (χ0v) is 18.5. The van der Waals surface area contributed by atoms with Crippen molar-refractivity contribution in [3.63, 3.8) is 0 Å². The van der Waals surface area contributed by atoms with Crippen LogP contribution >= 0.6 is 0 Å². The monoisotopic (exact) mass is 405 g/mol. The van der Waals surface area contributed by atoms with Gasteiger partial charge in [-0.2, -0.15) is 0 Å². The summed E-state index contributed by atoms with van der Waals surface area (Å²) < 4.78 is 2.35. The number of para-hydroxylation sites is 2. The molecule has 0 saturated carbocycles. The number of nitrogens with one attached hydrogen (secondary N) is 1. The van der Waals surface area contributed by atoms with E-state index in [4.69, 9.17) is 4.98 Å². The van der Waals surface area contributed by atoms with Gasteiger partial charge in [0.05, 0.1) is 17.5 Å². The van der Waals surface area contributed by atoms with Gasteiger partial charge in [0, 0.05) is 19.5 Å². The number of aryl methyl sites for hydroxylation is 2. The van der Waals surface area contributed by atoms with Crippen molar-refractivity contribution < 1.29 is 4.79 Å². The predicted molar refractivity (Wildman–Crippen MR) is 125 cm³/mol. The number of nitrogens with zero attached hydrogens (tertiary/aromatic N) is 2. The first-order chi connectivity index (χ1) is 14.7. The highest BCUT2D eigenvalue weighted by Gasteiger charge is 2.11. The molecule has 2 aromatic carbocycles. The third-order valence-electron chi connectivity index (χ3n) is 5.75. The number of carbonyl (C=O) groups excluding carboxylic acids is 1. The molecule has 4 nitrogen and oxygen atoms in total. The Kier molecular flexibility index (Phi) is 8.49. The van der Waals surface area contributed by atoms with E-state index < -0.39 is 0 Å². The Morgan fingerprint density at radius 1 is 0.967 bits per heavy atom. The lowest BCUT2D eigenvalue weighted by Gasteiger charge is -2.11. The fourth-order valence-electron chi connectivity index (χ4n) is 3.97. The molecule has 0 aliphatic carbocycles. The van der Waals surface area contributed by atoms with Gasteiger partial charge in [0.2, 0.25) is 5.91 Å². The number of imidazole rings is 1. The lowest BCUT2D eigenvalue weighted by Crippen LogP contribution is -2.28. The number of aromatic nitrogens is 2. The molecule has 1 N–H and O–H groups in total. The molecule has 0 radical (unpaired) electrons. The molecule has 0 spiro atoms. The number of unbranched alkanes of at least 4 members (excludes halogenated alkanes) is 5. The van der Waals surface area contributed by atoms with Crippen LogP contribution in [0.5, 0.6) is 0 Å². The second-order valence-electron chi connectivity index (χ2n) is 8.14. The van der Waals surface area contributed by atoms with Gasteiger partial charge in [-0.25, -0.2) is 4.98 Å². The topological polar surface area (TPSA) is 46.9 Å². The van der Waals surface area contributed by atoms with Gasteiger partial charge >= 0.3 is 0 Å². The standard InChI is InChI=1S/C26H35N3O/c1-3-4-5-6-7-12-19-29-24-16-11-10-15-23(24)28-25(29)17-18-27-26(30)20-22-14-9-8-13-21(22)2/h8-11,13-16H,3-7,12,17-20H2,1-2H3,(H,27,30). The number of amides is 1. The summed E-state index contributed by atoms with van der Waals surface area (Å²) in [5.41, 5.74) is 4.50. The van der Waals surface area contributed by atoms with Crippen LogP contribution in [0.25, 0.3) is 11.0 Å². The molecule has 1 amide bonds. The molecule has 0 unspecified atom stereocenters. The highest BCUT2D eigenvalue weighted by atomic mass is 16.1. The lowest BCUT2D eigenvalue weighted by molar-refractivity contribution is -0.120. The fraction of sp³-hybridized carbons (Fsp3) is 0.462. The number of benzene rings is 2. The first kappa shape index (κ1) is 22.1. The van der Waals surface area contributed by atoms with Crippen molar-refractivity contribution in [2.24, 2.45) is 0 Å². The molecular formula is C26H35N3O. The van der Waals surface area contributed by atoms with E-state index in [0.29, 0.717) is 13.0 Å². The Morgan fingerprint density at radius 3 is 2.53 bits per heavy atom. The van der Waals surface area contributed by atoms with E-state index in [1.165, 1.54) is 44.0 Å². The molecule has 160 valence electrons. The second-order valence-corrected chi connectivity index (χ2v) is 8.14. The average molecular weight is 406 g/mol.